The zero-order valence-electron chi connectivity index (χ0n) is 25.5. The number of benzene rings is 3. The van der Waals surface area contributed by atoms with E-state index in [0.29, 0.717) is 55.3 Å². The highest BCUT2D eigenvalue weighted by Gasteiger charge is 2.31. The minimum atomic E-state index is -0.917. The molecule has 3 heterocycles. The SMILES string of the molecule is COc1ccc2c(=O)cc(C(=O)NC(Cc3ccc(Cl)cc3)C(=O)N3CCN(c4ccccc4CN4CCCC4=O)CC3)oc2c1. The Hall–Kier alpha value is -4.83. The number of nitrogens with zero attached hydrogens (tertiary/aromatic N) is 3. The number of anilines is 1. The molecule has 1 N–H and O–H groups in total. The van der Waals surface area contributed by atoms with Gasteiger partial charge in [-0.15, -0.1) is 0 Å². The Balaban J connectivity index is 1.19. The van der Waals surface area contributed by atoms with E-state index >= 15 is 0 Å². The molecular weight excluding hydrogens is 608 g/mol. The quantitative estimate of drug-likeness (QED) is 0.290. The van der Waals surface area contributed by atoms with Gasteiger partial charge >= 0.3 is 0 Å². The number of nitrogens with one attached hydrogen (secondary N) is 1. The molecule has 1 aromatic heterocycles. The number of hydrogen-bond acceptors (Lipinski definition) is 7. The van der Waals surface area contributed by atoms with Crippen molar-refractivity contribution in [3.05, 3.63) is 105 Å². The highest BCUT2D eigenvalue weighted by atomic mass is 35.5. The first-order chi connectivity index (χ1) is 22.3. The van der Waals surface area contributed by atoms with Gasteiger partial charge in [-0.25, -0.2) is 0 Å². The topological polar surface area (TPSA) is 112 Å². The molecule has 2 fully saturated rings. The molecule has 2 aliphatic rings. The fraction of sp³-hybridized carbons (Fsp3) is 0.314. The van der Waals surface area contributed by atoms with E-state index in [4.69, 9.17) is 20.8 Å². The lowest BCUT2D eigenvalue weighted by Gasteiger charge is -2.38. The second kappa shape index (κ2) is 13.7. The number of carbonyl (C=O) groups excluding carboxylic acids is 3. The fourth-order valence-corrected chi connectivity index (χ4v) is 6.20. The molecule has 3 aromatic carbocycles. The number of fused-ring (bicyclic) bond motifs is 1. The largest absolute Gasteiger partial charge is 0.497 e. The Labute approximate surface area is 271 Å². The number of likely N-dealkylation sites (tertiary alicyclic amines) is 1. The van der Waals surface area contributed by atoms with Gasteiger partial charge in [-0.05, 0) is 47.9 Å². The first-order valence-electron chi connectivity index (χ1n) is 15.4. The van der Waals surface area contributed by atoms with Gasteiger partial charge in [0.05, 0.1) is 12.5 Å². The summed E-state index contributed by atoms with van der Waals surface area (Å²) in [6.45, 7) is 3.44. The lowest BCUT2D eigenvalue weighted by molar-refractivity contribution is -0.133. The summed E-state index contributed by atoms with van der Waals surface area (Å²) in [7, 11) is 1.50. The number of ether oxygens (including phenoxy) is 1. The first kappa shape index (κ1) is 31.2. The summed E-state index contributed by atoms with van der Waals surface area (Å²) in [6, 6.07) is 20.2. The van der Waals surface area contributed by atoms with E-state index in [9.17, 15) is 19.2 Å². The number of piperazine rings is 1. The highest BCUT2D eigenvalue weighted by Crippen LogP contribution is 2.26. The monoisotopic (exact) mass is 642 g/mol. The molecule has 0 saturated carbocycles. The van der Waals surface area contributed by atoms with Crippen LogP contribution < -0.4 is 20.4 Å². The molecule has 1 atom stereocenters. The van der Waals surface area contributed by atoms with E-state index in [2.05, 4.69) is 22.3 Å². The molecule has 6 rings (SSSR count). The van der Waals surface area contributed by atoms with Crippen molar-refractivity contribution in [2.75, 3.05) is 44.7 Å². The maximum atomic E-state index is 14.0. The van der Waals surface area contributed by atoms with Crippen LogP contribution in [0.25, 0.3) is 11.0 Å². The van der Waals surface area contributed by atoms with Crippen molar-refractivity contribution in [2.45, 2.75) is 31.8 Å². The highest BCUT2D eigenvalue weighted by molar-refractivity contribution is 6.30. The molecule has 1 unspecified atom stereocenters. The van der Waals surface area contributed by atoms with Crippen LogP contribution in [0.15, 0.2) is 82.0 Å². The predicted molar refractivity (Wildman–Crippen MR) is 175 cm³/mol. The molecule has 0 spiro atoms. The summed E-state index contributed by atoms with van der Waals surface area (Å²) in [4.78, 5) is 58.4. The molecule has 0 bridgehead atoms. The lowest BCUT2D eigenvalue weighted by Crippen LogP contribution is -2.55. The van der Waals surface area contributed by atoms with Gasteiger partial charge in [0.25, 0.3) is 5.91 Å². The Kier molecular flexibility index (Phi) is 9.25. The number of rotatable bonds is 9. The van der Waals surface area contributed by atoms with Crippen LogP contribution in [0, 0.1) is 0 Å². The van der Waals surface area contributed by atoms with Gasteiger partial charge in [0.15, 0.2) is 11.2 Å². The molecule has 4 aromatic rings. The summed E-state index contributed by atoms with van der Waals surface area (Å²) in [5.74, 6) is -0.434. The Morgan fingerprint density at radius 2 is 1.72 bits per heavy atom. The summed E-state index contributed by atoms with van der Waals surface area (Å²) < 4.78 is 11.0. The average Bonchev–Trinajstić information content (AvgIpc) is 3.48. The van der Waals surface area contributed by atoms with Crippen LogP contribution in [-0.4, -0.2) is 73.4 Å². The van der Waals surface area contributed by atoms with E-state index in [1.807, 2.05) is 29.2 Å². The standard InChI is InChI=1S/C35H35ClN4O6/c1-45-26-12-13-27-30(41)21-32(46-31(27)20-26)34(43)37-28(19-23-8-10-25(36)11-9-23)35(44)39-17-15-38(16-18-39)29-6-3-2-5-24(29)22-40-14-4-7-33(40)42/h2-3,5-6,8-13,20-21,28H,4,7,14-19,22H2,1H3,(H,37,43). The molecule has 46 heavy (non-hydrogen) atoms. The molecule has 2 saturated heterocycles. The van der Waals surface area contributed by atoms with Gasteiger partial charge in [0.1, 0.15) is 17.4 Å². The van der Waals surface area contributed by atoms with Gasteiger partial charge < -0.3 is 29.2 Å². The second-order valence-electron chi connectivity index (χ2n) is 11.6. The smallest absolute Gasteiger partial charge is 0.287 e. The van der Waals surface area contributed by atoms with E-state index in [1.165, 1.54) is 7.11 Å². The fourth-order valence-electron chi connectivity index (χ4n) is 6.08. The zero-order chi connectivity index (χ0) is 32.2. The van der Waals surface area contributed by atoms with Crippen molar-refractivity contribution < 1.29 is 23.5 Å². The van der Waals surface area contributed by atoms with Crippen molar-refractivity contribution in [3.8, 4) is 5.75 Å². The van der Waals surface area contributed by atoms with Crippen LogP contribution in [0.3, 0.4) is 0 Å². The van der Waals surface area contributed by atoms with Gasteiger partial charge in [0.2, 0.25) is 11.8 Å². The normalized spacial score (nSPS) is 15.7. The van der Waals surface area contributed by atoms with E-state index in [-0.39, 0.29) is 35.0 Å². The van der Waals surface area contributed by atoms with Crippen LogP contribution in [0.5, 0.6) is 5.75 Å². The van der Waals surface area contributed by atoms with Crippen molar-refractivity contribution in [1.29, 1.82) is 0 Å². The second-order valence-corrected chi connectivity index (χ2v) is 12.0. The maximum Gasteiger partial charge on any atom is 0.287 e. The van der Waals surface area contributed by atoms with Crippen molar-refractivity contribution >= 4 is 46.0 Å². The summed E-state index contributed by atoms with van der Waals surface area (Å²) in [6.07, 6.45) is 1.70. The summed E-state index contributed by atoms with van der Waals surface area (Å²) in [5, 5.41) is 3.71. The van der Waals surface area contributed by atoms with Crippen molar-refractivity contribution in [3.63, 3.8) is 0 Å². The third kappa shape index (κ3) is 6.87. The average molecular weight is 643 g/mol. The van der Waals surface area contributed by atoms with Gasteiger partial charge in [-0.1, -0.05) is 41.9 Å². The van der Waals surface area contributed by atoms with Crippen LogP contribution in [0.4, 0.5) is 5.69 Å². The van der Waals surface area contributed by atoms with Crippen LogP contribution in [-0.2, 0) is 22.6 Å². The van der Waals surface area contributed by atoms with Gasteiger partial charge in [-0.3, -0.25) is 19.2 Å². The van der Waals surface area contributed by atoms with Crippen molar-refractivity contribution in [1.82, 2.24) is 15.1 Å². The van der Waals surface area contributed by atoms with E-state index in [1.54, 1.807) is 35.2 Å². The number of methoxy groups -OCH3 is 1. The third-order valence-corrected chi connectivity index (χ3v) is 8.82. The molecule has 3 amide bonds. The first-order valence-corrected chi connectivity index (χ1v) is 15.7. The predicted octanol–water partition coefficient (Wildman–Crippen LogP) is 4.27. The molecule has 11 heteroatoms. The lowest BCUT2D eigenvalue weighted by atomic mass is 10.0. The zero-order valence-corrected chi connectivity index (χ0v) is 26.3. The molecule has 10 nitrogen and oxygen atoms in total. The van der Waals surface area contributed by atoms with Crippen LogP contribution in [0.1, 0.15) is 34.5 Å². The Bertz CT molecular complexity index is 1820. The van der Waals surface area contributed by atoms with Crippen molar-refractivity contribution in [2.24, 2.45) is 0 Å². The molecule has 238 valence electrons. The van der Waals surface area contributed by atoms with E-state index < -0.39 is 11.9 Å². The Morgan fingerprint density at radius 3 is 2.43 bits per heavy atom. The molecular formula is C35H35ClN4O6. The molecule has 0 aliphatic carbocycles. The maximum absolute atomic E-state index is 14.0. The summed E-state index contributed by atoms with van der Waals surface area (Å²) in [5.41, 5.74) is 2.79. The summed E-state index contributed by atoms with van der Waals surface area (Å²) >= 11 is 6.09. The van der Waals surface area contributed by atoms with Gasteiger partial charge in [-0.2, -0.15) is 0 Å². The molecule has 2 aliphatic heterocycles. The van der Waals surface area contributed by atoms with Gasteiger partial charge in [0, 0.05) is 75.0 Å². The number of hydrogen-bond donors (Lipinski definition) is 1. The third-order valence-electron chi connectivity index (χ3n) is 8.57. The minimum absolute atomic E-state index is 0.182. The number of para-hydroxylation sites is 1. The minimum Gasteiger partial charge on any atom is -0.497 e. The number of carbonyl (C=O) groups is 3. The van der Waals surface area contributed by atoms with Crippen LogP contribution >= 0.6 is 11.6 Å². The molecule has 0 radical (unpaired) electrons. The number of amides is 3. The van der Waals surface area contributed by atoms with E-state index in [0.717, 1.165) is 35.8 Å². The van der Waals surface area contributed by atoms with Crippen LogP contribution in [0.2, 0.25) is 5.02 Å². The Morgan fingerprint density at radius 1 is 0.957 bits per heavy atom. The number of halogens is 1.